The fraction of sp³-hybridized carbons (Fsp3) is 0.308. The molecule has 0 saturated carbocycles. The topological polar surface area (TPSA) is 71.8 Å². The van der Waals surface area contributed by atoms with Gasteiger partial charge in [0.25, 0.3) is 0 Å². The SMILES string of the molecule is O=C(NCc1nnc2n1CCC2)Nc1cc(Cl)ccc1F. The lowest BCUT2D eigenvalue weighted by Crippen LogP contribution is -2.29. The summed E-state index contributed by atoms with van der Waals surface area (Å²) < 4.78 is 15.5. The van der Waals surface area contributed by atoms with Crippen molar-refractivity contribution in [2.75, 3.05) is 5.32 Å². The Balaban J connectivity index is 1.60. The van der Waals surface area contributed by atoms with Crippen LogP contribution in [-0.2, 0) is 19.5 Å². The first kappa shape index (κ1) is 13.8. The number of hydrogen-bond acceptors (Lipinski definition) is 3. The molecular weight excluding hydrogens is 297 g/mol. The summed E-state index contributed by atoms with van der Waals surface area (Å²) in [7, 11) is 0. The summed E-state index contributed by atoms with van der Waals surface area (Å²) in [6.45, 7) is 1.10. The minimum absolute atomic E-state index is 0.0338. The van der Waals surface area contributed by atoms with Gasteiger partial charge in [-0.05, 0) is 24.6 Å². The van der Waals surface area contributed by atoms with Gasteiger partial charge in [-0.25, -0.2) is 9.18 Å². The van der Waals surface area contributed by atoms with Crippen LogP contribution in [0.3, 0.4) is 0 Å². The number of aromatic nitrogens is 3. The van der Waals surface area contributed by atoms with Gasteiger partial charge in [-0.3, -0.25) is 0 Å². The van der Waals surface area contributed by atoms with Crippen LogP contribution in [0.15, 0.2) is 18.2 Å². The van der Waals surface area contributed by atoms with Crippen molar-refractivity contribution >= 4 is 23.3 Å². The predicted octanol–water partition coefficient (Wildman–Crippen LogP) is 2.34. The van der Waals surface area contributed by atoms with E-state index in [4.69, 9.17) is 11.6 Å². The third-order valence-electron chi connectivity index (χ3n) is 3.27. The van der Waals surface area contributed by atoms with E-state index in [0.29, 0.717) is 10.8 Å². The van der Waals surface area contributed by atoms with Crippen molar-refractivity contribution in [1.29, 1.82) is 0 Å². The van der Waals surface area contributed by atoms with Crippen molar-refractivity contribution in [2.24, 2.45) is 0 Å². The normalized spacial score (nSPS) is 13.0. The lowest BCUT2D eigenvalue weighted by atomic mass is 10.3. The van der Waals surface area contributed by atoms with Crippen molar-refractivity contribution in [3.63, 3.8) is 0 Å². The fourth-order valence-electron chi connectivity index (χ4n) is 2.26. The number of carbonyl (C=O) groups is 1. The molecule has 0 atom stereocenters. The molecule has 21 heavy (non-hydrogen) atoms. The number of nitrogens with zero attached hydrogens (tertiary/aromatic N) is 3. The van der Waals surface area contributed by atoms with Gasteiger partial charge in [0.1, 0.15) is 11.6 Å². The van der Waals surface area contributed by atoms with Crippen LogP contribution in [0.25, 0.3) is 0 Å². The molecule has 0 fully saturated rings. The molecule has 3 rings (SSSR count). The molecule has 0 radical (unpaired) electrons. The molecule has 1 aliphatic rings. The molecule has 8 heteroatoms. The van der Waals surface area contributed by atoms with E-state index in [1.807, 2.05) is 4.57 Å². The molecule has 1 aromatic heterocycles. The van der Waals surface area contributed by atoms with E-state index in [1.54, 1.807) is 0 Å². The van der Waals surface area contributed by atoms with Gasteiger partial charge in [0.15, 0.2) is 5.82 Å². The van der Waals surface area contributed by atoms with Crippen LogP contribution in [0.5, 0.6) is 0 Å². The number of fused-ring (bicyclic) bond motifs is 1. The van der Waals surface area contributed by atoms with Gasteiger partial charge in [0.2, 0.25) is 0 Å². The zero-order valence-electron chi connectivity index (χ0n) is 11.1. The second kappa shape index (κ2) is 5.69. The van der Waals surface area contributed by atoms with E-state index in [1.165, 1.54) is 18.2 Å². The summed E-state index contributed by atoms with van der Waals surface area (Å²) in [5, 5.41) is 13.5. The van der Waals surface area contributed by atoms with E-state index in [2.05, 4.69) is 20.8 Å². The Bertz CT molecular complexity index is 687. The Morgan fingerprint density at radius 2 is 2.29 bits per heavy atom. The smallest absolute Gasteiger partial charge is 0.319 e. The van der Waals surface area contributed by atoms with Crippen molar-refractivity contribution < 1.29 is 9.18 Å². The van der Waals surface area contributed by atoms with Crippen LogP contribution in [-0.4, -0.2) is 20.8 Å². The summed E-state index contributed by atoms with van der Waals surface area (Å²) in [6, 6.07) is 3.44. The second-order valence-corrected chi connectivity index (χ2v) is 5.16. The number of nitrogens with one attached hydrogen (secondary N) is 2. The van der Waals surface area contributed by atoms with Gasteiger partial charge in [0.05, 0.1) is 12.2 Å². The molecule has 0 saturated heterocycles. The molecule has 0 unspecified atom stereocenters. The molecule has 2 aromatic rings. The van der Waals surface area contributed by atoms with Crippen LogP contribution in [0, 0.1) is 5.82 Å². The van der Waals surface area contributed by atoms with Crippen LogP contribution in [0.2, 0.25) is 5.02 Å². The highest BCUT2D eigenvalue weighted by Gasteiger charge is 2.17. The second-order valence-electron chi connectivity index (χ2n) is 4.72. The van der Waals surface area contributed by atoms with Gasteiger partial charge in [0, 0.05) is 18.0 Å². The first-order valence-corrected chi connectivity index (χ1v) is 6.92. The van der Waals surface area contributed by atoms with E-state index in [9.17, 15) is 9.18 Å². The largest absolute Gasteiger partial charge is 0.331 e. The van der Waals surface area contributed by atoms with E-state index in [-0.39, 0.29) is 12.2 Å². The lowest BCUT2D eigenvalue weighted by Gasteiger charge is -2.09. The van der Waals surface area contributed by atoms with E-state index >= 15 is 0 Å². The quantitative estimate of drug-likeness (QED) is 0.914. The highest BCUT2D eigenvalue weighted by molar-refractivity contribution is 6.30. The molecule has 2 heterocycles. The number of amides is 2. The van der Waals surface area contributed by atoms with Gasteiger partial charge < -0.3 is 15.2 Å². The maximum absolute atomic E-state index is 13.5. The molecular formula is C13H13ClFN5O. The Labute approximate surface area is 125 Å². The Kier molecular flexibility index (Phi) is 3.74. The van der Waals surface area contributed by atoms with Crippen LogP contribution >= 0.6 is 11.6 Å². The first-order valence-electron chi connectivity index (χ1n) is 6.54. The van der Waals surface area contributed by atoms with Gasteiger partial charge in [-0.1, -0.05) is 11.6 Å². The number of anilines is 1. The standard InChI is InChI=1S/C13H13ClFN5O/c14-8-3-4-9(15)10(6-8)17-13(21)16-7-12-19-18-11-2-1-5-20(11)12/h3-4,6H,1-2,5,7H2,(H2,16,17,21). The number of carbonyl (C=O) groups excluding carboxylic acids is 1. The molecule has 0 spiro atoms. The lowest BCUT2D eigenvalue weighted by molar-refractivity contribution is 0.251. The van der Waals surface area contributed by atoms with E-state index in [0.717, 1.165) is 25.2 Å². The first-order chi connectivity index (χ1) is 10.1. The third-order valence-corrected chi connectivity index (χ3v) is 3.50. The Hall–Kier alpha value is -2.15. The minimum atomic E-state index is -0.544. The number of benzene rings is 1. The fourth-order valence-corrected chi connectivity index (χ4v) is 2.43. The van der Waals surface area contributed by atoms with Gasteiger partial charge in [-0.2, -0.15) is 0 Å². The Morgan fingerprint density at radius 1 is 1.43 bits per heavy atom. The number of aryl methyl sites for hydroxylation is 1. The monoisotopic (exact) mass is 309 g/mol. The maximum Gasteiger partial charge on any atom is 0.319 e. The molecule has 1 aromatic carbocycles. The summed E-state index contributed by atoms with van der Waals surface area (Å²) in [5.41, 5.74) is 0.0338. The average molecular weight is 310 g/mol. The van der Waals surface area contributed by atoms with Crippen molar-refractivity contribution in [1.82, 2.24) is 20.1 Å². The third kappa shape index (κ3) is 2.97. The van der Waals surface area contributed by atoms with Gasteiger partial charge >= 0.3 is 6.03 Å². The van der Waals surface area contributed by atoms with Crippen molar-refractivity contribution in [3.05, 3.63) is 40.7 Å². The zero-order valence-corrected chi connectivity index (χ0v) is 11.8. The highest BCUT2D eigenvalue weighted by atomic mass is 35.5. The summed E-state index contributed by atoms with van der Waals surface area (Å²) in [5.74, 6) is 1.09. The number of urea groups is 1. The highest BCUT2D eigenvalue weighted by Crippen LogP contribution is 2.19. The van der Waals surface area contributed by atoms with E-state index < -0.39 is 11.8 Å². The minimum Gasteiger partial charge on any atom is -0.331 e. The molecule has 2 N–H and O–H groups in total. The molecule has 0 bridgehead atoms. The summed E-state index contributed by atoms with van der Waals surface area (Å²) >= 11 is 5.76. The Morgan fingerprint density at radius 3 is 3.14 bits per heavy atom. The zero-order chi connectivity index (χ0) is 14.8. The van der Waals surface area contributed by atoms with Crippen molar-refractivity contribution in [2.45, 2.75) is 25.9 Å². The molecule has 1 aliphatic heterocycles. The predicted molar refractivity (Wildman–Crippen MR) is 75.6 cm³/mol. The summed E-state index contributed by atoms with van der Waals surface area (Å²) in [6.07, 6.45) is 1.95. The summed E-state index contributed by atoms with van der Waals surface area (Å²) in [4.78, 5) is 11.8. The molecule has 2 amide bonds. The maximum atomic E-state index is 13.5. The molecule has 0 aliphatic carbocycles. The molecule has 6 nitrogen and oxygen atoms in total. The van der Waals surface area contributed by atoms with Crippen LogP contribution in [0.4, 0.5) is 14.9 Å². The number of halogens is 2. The van der Waals surface area contributed by atoms with Crippen molar-refractivity contribution in [3.8, 4) is 0 Å². The molecule has 110 valence electrons. The number of hydrogen-bond donors (Lipinski definition) is 2. The van der Waals surface area contributed by atoms with Crippen LogP contribution < -0.4 is 10.6 Å². The van der Waals surface area contributed by atoms with Gasteiger partial charge in [-0.15, -0.1) is 10.2 Å². The number of rotatable bonds is 3. The average Bonchev–Trinajstić information content (AvgIpc) is 3.04. The van der Waals surface area contributed by atoms with Crippen LogP contribution in [0.1, 0.15) is 18.1 Å².